The van der Waals surface area contributed by atoms with Crippen LogP contribution in [0.2, 0.25) is 0 Å². The minimum absolute atomic E-state index is 0.724. The molecule has 2 heterocycles. The van der Waals surface area contributed by atoms with E-state index >= 15 is 0 Å². The minimum atomic E-state index is 0.724. The summed E-state index contributed by atoms with van der Waals surface area (Å²) >= 11 is 0. The number of hydrogen-bond acceptors (Lipinski definition) is 6. The van der Waals surface area contributed by atoms with Gasteiger partial charge in [0.2, 0.25) is 0 Å². The number of fused-ring (bicyclic) bond motifs is 1. The second-order valence-corrected chi connectivity index (χ2v) is 8.51. The Balaban J connectivity index is 1.35. The Morgan fingerprint density at radius 1 is 0.788 bits per heavy atom. The maximum Gasteiger partial charge on any atom is 0.153 e. The van der Waals surface area contributed by atoms with Crippen molar-refractivity contribution in [3.8, 4) is 11.3 Å². The summed E-state index contributed by atoms with van der Waals surface area (Å²) in [7, 11) is 0. The second kappa shape index (κ2) is 9.36. The molecule has 6 nitrogen and oxygen atoms in total. The Labute approximate surface area is 194 Å². The van der Waals surface area contributed by atoms with Crippen LogP contribution in [-0.2, 0) is 19.3 Å². The molecule has 4 aromatic rings. The van der Waals surface area contributed by atoms with Gasteiger partial charge in [0.1, 0.15) is 12.1 Å². The van der Waals surface area contributed by atoms with Crippen LogP contribution in [0.3, 0.4) is 0 Å². The molecule has 0 atom stereocenters. The Morgan fingerprint density at radius 2 is 1.67 bits per heavy atom. The molecule has 0 spiro atoms. The maximum absolute atomic E-state index is 4.50. The van der Waals surface area contributed by atoms with Gasteiger partial charge in [-0.2, -0.15) is 0 Å². The van der Waals surface area contributed by atoms with Crippen molar-refractivity contribution in [3.63, 3.8) is 0 Å². The summed E-state index contributed by atoms with van der Waals surface area (Å²) in [5, 5.41) is 15.8. The van der Waals surface area contributed by atoms with Crippen molar-refractivity contribution in [2.24, 2.45) is 0 Å². The molecule has 2 N–H and O–H groups in total. The molecule has 2 aromatic heterocycles. The molecular weight excluding hydrogens is 408 g/mol. The Morgan fingerprint density at radius 3 is 2.45 bits per heavy atom. The summed E-state index contributed by atoms with van der Waals surface area (Å²) < 4.78 is 0. The van der Waals surface area contributed by atoms with Crippen LogP contribution in [-0.4, -0.2) is 20.2 Å². The number of aromatic nitrogens is 4. The van der Waals surface area contributed by atoms with E-state index in [0.29, 0.717) is 0 Å². The van der Waals surface area contributed by atoms with Crippen molar-refractivity contribution in [3.05, 3.63) is 83.3 Å². The molecule has 6 heteroatoms. The lowest BCUT2D eigenvalue weighted by atomic mass is 9.90. The normalized spacial score (nSPS) is 12.8. The Kier molecular flexibility index (Phi) is 5.98. The summed E-state index contributed by atoms with van der Waals surface area (Å²) in [6, 6.07) is 18.9. The van der Waals surface area contributed by atoms with E-state index in [1.807, 2.05) is 25.1 Å². The molecular formula is C27H28N6. The van der Waals surface area contributed by atoms with Crippen LogP contribution >= 0.6 is 0 Å². The molecule has 2 aromatic carbocycles. The predicted molar refractivity (Wildman–Crippen MR) is 133 cm³/mol. The SMILES string of the molecule is CCc1ccc(Nc2cc(C)ncn2)cc1Nc1ccc(-c2ccc3c(c2)CCCC3)nn1. The smallest absolute Gasteiger partial charge is 0.153 e. The number of aryl methyl sites for hydroxylation is 4. The highest BCUT2D eigenvalue weighted by Gasteiger charge is 2.11. The van der Waals surface area contributed by atoms with E-state index in [9.17, 15) is 0 Å². The first-order valence-corrected chi connectivity index (χ1v) is 11.6. The van der Waals surface area contributed by atoms with Gasteiger partial charge in [0.05, 0.1) is 5.69 Å². The zero-order valence-corrected chi connectivity index (χ0v) is 19.1. The summed E-state index contributed by atoms with van der Waals surface area (Å²) in [5.41, 5.74) is 9.06. The Bertz CT molecular complexity index is 1270. The van der Waals surface area contributed by atoms with Crippen molar-refractivity contribution in [1.82, 2.24) is 20.2 Å². The summed E-state index contributed by atoms with van der Waals surface area (Å²) in [5.74, 6) is 1.49. The van der Waals surface area contributed by atoms with Crippen LogP contribution in [0.25, 0.3) is 11.3 Å². The standard InChI is InChI=1S/C27H28N6/c1-3-19-10-11-23(30-27-14-18(2)28-17-29-27)16-25(19)31-26-13-12-24(32-33-26)22-9-8-20-6-4-5-7-21(20)15-22/h8-17H,3-7H2,1-2H3,(H,31,33)(H,28,29,30). The zero-order chi connectivity index (χ0) is 22.6. The van der Waals surface area contributed by atoms with Crippen molar-refractivity contribution >= 4 is 23.0 Å². The van der Waals surface area contributed by atoms with E-state index < -0.39 is 0 Å². The molecule has 0 saturated heterocycles. The molecule has 0 amide bonds. The molecule has 0 aliphatic heterocycles. The molecule has 0 radical (unpaired) electrons. The Hall–Kier alpha value is -3.80. The third-order valence-electron chi connectivity index (χ3n) is 6.14. The topological polar surface area (TPSA) is 75.6 Å². The van der Waals surface area contributed by atoms with Crippen molar-refractivity contribution in [1.29, 1.82) is 0 Å². The summed E-state index contributed by atoms with van der Waals surface area (Å²) in [6.45, 7) is 4.10. The fraction of sp³-hybridized carbons (Fsp3) is 0.259. The average molecular weight is 437 g/mol. The molecule has 166 valence electrons. The maximum atomic E-state index is 4.50. The fourth-order valence-electron chi connectivity index (χ4n) is 4.33. The van der Waals surface area contributed by atoms with Gasteiger partial charge in [-0.25, -0.2) is 9.97 Å². The van der Waals surface area contributed by atoms with Gasteiger partial charge in [-0.3, -0.25) is 0 Å². The third-order valence-corrected chi connectivity index (χ3v) is 6.14. The van der Waals surface area contributed by atoms with Gasteiger partial charge in [0.25, 0.3) is 0 Å². The van der Waals surface area contributed by atoms with Crippen LogP contribution in [0.1, 0.15) is 42.1 Å². The largest absolute Gasteiger partial charge is 0.340 e. The van der Waals surface area contributed by atoms with E-state index in [2.05, 4.69) is 74.1 Å². The zero-order valence-electron chi connectivity index (χ0n) is 19.1. The molecule has 33 heavy (non-hydrogen) atoms. The lowest BCUT2D eigenvalue weighted by molar-refractivity contribution is 0.686. The van der Waals surface area contributed by atoms with Gasteiger partial charge in [0, 0.05) is 28.7 Å². The lowest BCUT2D eigenvalue weighted by Gasteiger charge is -2.16. The van der Waals surface area contributed by atoms with Gasteiger partial charge >= 0.3 is 0 Å². The van der Waals surface area contributed by atoms with Crippen LogP contribution in [0.15, 0.2) is 60.9 Å². The molecule has 1 aliphatic rings. The first-order chi connectivity index (χ1) is 16.2. The van der Waals surface area contributed by atoms with E-state index in [-0.39, 0.29) is 0 Å². The van der Waals surface area contributed by atoms with Crippen LogP contribution in [0.5, 0.6) is 0 Å². The highest BCUT2D eigenvalue weighted by atomic mass is 15.2. The lowest BCUT2D eigenvalue weighted by Crippen LogP contribution is -2.03. The predicted octanol–water partition coefficient (Wildman–Crippen LogP) is 6.17. The highest BCUT2D eigenvalue weighted by molar-refractivity contribution is 5.70. The quantitative estimate of drug-likeness (QED) is 0.376. The number of anilines is 4. The van der Waals surface area contributed by atoms with Crippen molar-refractivity contribution < 1.29 is 0 Å². The monoisotopic (exact) mass is 436 g/mol. The fourth-order valence-corrected chi connectivity index (χ4v) is 4.33. The number of rotatable bonds is 6. The first-order valence-electron chi connectivity index (χ1n) is 11.6. The summed E-state index contributed by atoms with van der Waals surface area (Å²) in [4.78, 5) is 8.44. The van der Waals surface area contributed by atoms with E-state index in [0.717, 1.165) is 52.8 Å². The van der Waals surface area contributed by atoms with Gasteiger partial charge in [-0.1, -0.05) is 25.1 Å². The van der Waals surface area contributed by atoms with Gasteiger partial charge in [0.15, 0.2) is 5.82 Å². The molecule has 5 rings (SSSR count). The molecule has 0 fully saturated rings. The number of hydrogen-bond donors (Lipinski definition) is 2. The minimum Gasteiger partial charge on any atom is -0.340 e. The van der Waals surface area contributed by atoms with Crippen LogP contribution in [0, 0.1) is 6.92 Å². The molecule has 0 unspecified atom stereocenters. The average Bonchev–Trinajstić information content (AvgIpc) is 2.84. The van der Waals surface area contributed by atoms with Gasteiger partial charge in [-0.15, -0.1) is 10.2 Å². The van der Waals surface area contributed by atoms with E-state index in [1.54, 1.807) is 6.33 Å². The van der Waals surface area contributed by atoms with Crippen LogP contribution < -0.4 is 10.6 Å². The van der Waals surface area contributed by atoms with Crippen molar-refractivity contribution in [2.45, 2.75) is 46.0 Å². The third kappa shape index (κ3) is 4.85. The number of benzene rings is 2. The highest BCUT2D eigenvalue weighted by Crippen LogP contribution is 2.28. The van der Waals surface area contributed by atoms with E-state index in [1.165, 1.54) is 36.0 Å². The molecule has 1 aliphatic carbocycles. The molecule has 0 saturated carbocycles. The second-order valence-electron chi connectivity index (χ2n) is 8.51. The van der Waals surface area contributed by atoms with Gasteiger partial charge < -0.3 is 10.6 Å². The summed E-state index contributed by atoms with van der Waals surface area (Å²) in [6.07, 6.45) is 7.40. The first kappa shape index (κ1) is 21.1. The van der Waals surface area contributed by atoms with E-state index in [4.69, 9.17) is 0 Å². The number of nitrogens with one attached hydrogen (secondary N) is 2. The van der Waals surface area contributed by atoms with Gasteiger partial charge in [-0.05, 0) is 86.1 Å². The number of nitrogens with zero attached hydrogens (tertiary/aromatic N) is 4. The van der Waals surface area contributed by atoms with Crippen molar-refractivity contribution in [2.75, 3.05) is 10.6 Å². The molecule has 0 bridgehead atoms. The van der Waals surface area contributed by atoms with Crippen LogP contribution in [0.4, 0.5) is 23.0 Å².